The Morgan fingerprint density at radius 2 is 2.04 bits per heavy atom. The fourth-order valence-corrected chi connectivity index (χ4v) is 3.14. The quantitative estimate of drug-likeness (QED) is 0.602. The van der Waals surface area contributed by atoms with Gasteiger partial charge in [0, 0.05) is 30.8 Å². The summed E-state index contributed by atoms with van der Waals surface area (Å²) in [4.78, 5) is 37.2. The third-order valence-corrected chi connectivity index (χ3v) is 4.60. The van der Waals surface area contributed by atoms with E-state index in [0.29, 0.717) is 38.1 Å². The Hall–Kier alpha value is -3.36. The Balaban J connectivity index is 1.59. The molecular weight excluding hydrogens is 366 g/mol. The predicted octanol–water partition coefficient (Wildman–Crippen LogP) is 2.62. The predicted molar refractivity (Wildman–Crippen MR) is 99.4 cm³/mol. The molecule has 0 atom stereocenters. The van der Waals surface area contributed by atoms with E-state index in [1.807, 2.05) is 0 Å². The van der Waals surface area contributed by atoms with Gasteiger partial charge in [-0.1, -0.05) is 0 Å². The number of nitro benzene ring substituents is 1. The number of nitrogens with zero attached hydrogens (tertiary/aromatic N) is 2. The molecular formula is C19H21N3O6. The fraction of sp³-hybridized carbons (Fsp3) is 0.368. The number of amides is 2. The minimum Gasteiger partial charge on any atom is -0.487 e. The van der Waals surface area contributed by atoms with E-state index in [2.05, 4.69) is 5.32 Å². The first-order chi connectivity index (χ1) is 13.5. The zero-order valence-corrected chi connectivity index (χ0v) is 15.4. The highest BCUT2D eigenvalue weighted by molar-refractivity contribution is 5.95. The molecule has 1 aliphatic heterocycles. The lowest BCUT2D eigenvalue weighted by atomic mass is 10.0. The van der Waals surface area contributed by atoms with Crippen LogP contribution in [0.1, 0.15) is 40.5 Å². The molecule has 0 aliphatic carbocycles. The van der Waals surface area contributed by atoms with Crippen molar-refractivity contribution in [1.29, 1.82) is 0 Å². The van der Waals surface area contributed by atoms with Crippen molar-refractivity contribution in [3.63, 3.8) is 0 Å². The van der Waals surface area contributed by atoms with Crippen LogP contribution in [0.3, 0.4) is 0 Å². The molecule has 9 heteroatoms. The average Bonchev–Trinajstić information content (AvgIpc) is 3.23. The Bertz CT molecular complexity index is 857. The molecule has 2 amide bonds. The van der Waals surface area contributed by atoms with Crippen LogP contribution >= 0.6 is 0 Å². The molecule has 9 nitrogen and oxygen atoms in total. The van der Waals surface area contributed by atoms with Crippen LogP contribution in [0.5, 0.6) is 5.75 Å². The number of piperidine rings is 1. The normalized spacial score (nSPS) is 14.5. The number of nitrogens with one attached hydrogen (secondary N) is 1. The van der Waals surface area contributed by atoms with Gasteiger partial charge in [0.2, 0.25) is 0 Å². The van der Waals surface area contributed by atoms with Crippen LogP contribution in [0.2, 0.25) is 0 Å². The highest BCUT2D eigenvalue weighted by atomic mass is 16.6. The number of rotatable bonds is 6. The lowest BCUT2D eigenvalue weighted by Gasteiger charge is -2.32. The summed E-state index contributed by atoms with van der Waals surface area (Å²) in [5.74, 6) is -0.346. The van der Waals surface area contributed by atoms with Gasteiger partial charge in [-0.2, -0.15) is 0 Å². The Morgan fingerprint density at radius 3 is 2.64 bits per heavy atom. The van der Waals surface area contributed by atoms with Gasteiger partial charge in [-0.3, -0.25) is 19.7 Å². The van der Waals surface area contributed by atoms with Crippen molar-refractivity contribution in [2.45, 2.75) is 25.8 Å². The second kappa shape index (κ2) is 8.55. The van der Waals surface area contributed by atoms with Crippen molar-refractivity contribution in [2.75, 3.05) is 19.7 Å². The number of carbonyl (C=O) groups excluding carboxylic acids is 2. The maximum Gasteiger partial charge on any atom is 0.311 e. The van der Waals surface area contributed by atoms with Gasteiger partial charge in [0.1, 0.15) is 6.26 Å². The van der Waals surface area contributed by atoms with Crippen molar-refractivity contribution in [3.8, 4) is 5.75 Å². The minimum atomic E-state index is -0.568. The summed E-state index contributed by atoms with van der Waals surface area (Å²) in [5, 5.41) is 14.1. The van der Waals surface area contributed by atoms with Gasteiger partial charge in [-0.05, 0) is 38.0 Å². The molecule has 0 radical (unpaired) electrons. The number of nitro groups is 1. The van der Waals surface area contributed by atoms with Crippen molar-refractivity contribution >= 4 is 17.5 Å². The highest BCUT2D eigenvalue weighted by Crippen LogP contribution is 2.28. The molecule has 3 rings (SSSR count). The van der Waals surface area contributed by atoms with E-state index < -0.39 is 4.92 Å². The summed E-state index contributed by atoms with van der Waals surface area (Å²) in [6.45, 7) is 3.05. The zero-order chi connectivity index (χ0) is 20.1. The molecule has 0 saturated carbocycles. The third kappa shape index (κ3) is 4.30. The number of furan rings is 1. The first-order valence-electron chi connectivity index (χ1n) is 9.03. The van der Waals surface area contributed by atoms with Crippen LogP contribution in [0.15, 0.2) is 41.2 Å². The van der Waals surface area contributed by atoms with Crippen molar-refractivity contribution in [2.24, 2.45) is 0 Å². The van der Waals surface area contributed by atoms with E-state index in [1.54, 1.807) is 17.9 Å². The largest absolute Gasteiger partial charge is 0.487 e. The summed E-state index contributed by atoms with van der Waals surface area (Å²) in [7, 11) is 0. The van der Waals surface area contributed by atoms with Gasteiger partial charge in [-0.15, -0.1) is 0 Å². The molecule has 1 fully saturated rings. The van der Waals surface area contributed by atoms with Gasteiger partial charge in [0.05, 0.1) is 23.4 Å². The van der Waals surface area contributed by atoms with Gasteiger partial charge >= 0.3 is 5.69 Å². The van der Waals surface area contributed by atoms with E-state index in [-0.39, 0.29) is 34.9 Å². The maximum absolute atomic E-state index is 12.5. The first kappa shape index (κ1) is 19.4. The summed E-state index contributed by atoms with van der Waals surface area (Å²) in [6, 6.07) is 5.67. The molecule has 148 valence electrons. The standard InChI is InChI=1S/C19H21N3O6/c1-2-28-17-4-3-13(11-16(17)22(25)26)18(23)20-15-5-8-21(9-6-15)19(24)14-7-10-27-12-14/h3-4,7,10-12,15H,2,5-6,8-9H2,1H3,(H,20,23). The number of benzene rings is 1. The Kier molecular flexibility index (Phi) is 5.93. The molecule has 1 N–H and O–H groups in total. The van der Waals surface area contributed by atoms with Crippen molar-refractivity contribution in [1.82, 2.24) is 10.2 Å². The Labute approximate surface area is 161 Å². The SMILES string of the molecule is CCOc1ccc(C(=O)NC2CCN(C(=O)c3ccoc3)CC2)cc1[N+](=O)[O-]. The van der Waals surface area contributed by atoms with Crippen LogP contribution in [-0.4, -0.2) is 47.4 Å². The lowest BCUT2D eigenvalue weighted by molar-refractivity contribution is -0.385. The lowest BCUT2D eigenvalue weighted by Crippen LogP contribution is -2.46. The fourth-order valence-electron chi connectivity index (χ4n) is 3.14. The molecule has 28 heavy (non-hydrogen) atoms. The van der Waals surface area contributed by atoms with Crippen LogP contribution in [0.4, 0.5) is 5.69 Å². The number of carbonyl (C=O) groups is 2. The molecule has 2 heterocycles. The van der Waals surface area contributed by atoms with E-state index in [9.17, 15) is 19.7 Å². The van der Waals surface area contributed by atoms with Gasteiger partial charge in [0.15, 0.2) is 5.75 Å². The molecule has 2 aromatic rings. The first-order valence-corrected chi connectivity index (χ1v) is 9.03. The summed E-state index contributed by atoms with van der Waals surface area (Å²) in [5.41, 5.74) is 0.464. The highest BCUT2D eigenvalue weighted by Gasteiger charge is 2.26. The monoisotopic (exact) mass is 387 g/mol. The molecule has 1 saturated heterocycles. The minimum absolute atomic E-state index is 0.0966. The molecule has 1 aromatic carbocycles. The van der Waals surface area contributed by atoms with E-state index in [0.717, 1.165) is 0 Å². The summed E-state index contributed by atoms with van der Waals surface area (Å²) >= 11 is 0. The third-order valence-electron chi connectivity index (χ3n) is 4.60. The molecule has 1 aromatic heterocycles. The van der Waals surface area contributed by atoms with E-state index in [4.69, 9.17) is 9.15 Å². The Morgan fingerprint density at radius 1 is 1.29 bits per heavy atom. The molecule has 0 unspecified atom stereocenters. The summed E-state index contributed by atoms with van der Waals surface area (Å²) in [6.07, 6.45) is 4.08. The van der Waals surface area contributed by atoms with E-state index >= 15 is 0 Å². The number of ether oxygens (including phenoxy) is 1. The van der Waals surface area contributed by atoms with E-state index in [1.165, 1.54) is 30.7 Å². The number of hydrogen-bond acceptors (Lipinski definition) is 6. The molecule has 1 aliphatic rings. The smallest absolute Gasteiger partial charge is 0.311 e. The van der Waals surface area contributed by atoms with Crippen LogP contribution < -0.4 is 10.1 Å². The average molecular weight is 387 g/mol. The topological polar surface area (TPSA) is 115 Å². The van der Waals surface area contributed by atoms with Crippen molar-refractivity contribution in [3.05, 3.63) is 58.0 Å². The van der Waals surface area contributed by atoms with Gasteiger partial charge < -0.3 is 19.4 Å². The summed E-state index contributed by atoms with van der Waals surface area (Å²) < 4.78 is 10.2. The van der Waals surface area contributed by atoms with Crippen LogP contribution in [-0.2, 0) is 0 Å². The zero-order valence-electron chi connectivity index (χ0n) is 15.4. The van der Waals surface area contributed by atoms with Gasteiger partial charge in [-0.25, -0.2) is 0 Å². The number of hydrogen-bond donors (Lipinski definition) is 1. The maximum atomic E-state index is 12.5. The number of likely N-dealkylation sites (tertiary alicyclic amines) is 1. The van der Waals surface area contributed by atoms with Crippen LogP contribution in [0.25, 0.3) is 0 Å². The van der Waals surface area contributed by atoms with Crippen molar-refractivity contribution < 1.29 is 23.7 Å². The van der Waals surface area contributed by atoms with Gasteiger partial charge in [0.25, 0.3) is 11.8 Å². The molecule has 0 bridgehead atoms. The second-order valence-electron chi connectivity index (χ2n) is 6.42. The second-order valence-corrected chi connectivity index (χ2v) is 6.42. The van der Waals surface area contributed by atoms with Crippen LogP contribution in [0, 0.1) is 10.1 Å². The molecule has 0 spiro atoms.